The Balaban J connectivity index is 2.49. The molecule has 1 atom stereocenters. The average molecular weight is 230 g/mol. The van der Waals surface area contributed by atoms with E-state index in [0.717, 1.165) is 19.5 Å². The molecule has 1 aliphatic heterocycles. The molecule has 1 aromatic rings. The molecule has 1 aliphatic rings. The number of rotatable bonds is 0. The second kappa shape index (κ2) is 4.09. The van der Waals surface area contributed by atoms with E-state index in [1.807, 2.05) is 12.1 Å². The highest BCUT2D eigenvalue weighted by molar-refractivity contribution is 6.42. The van der Waals surface area contributed by atoms with Gasteiger partial charge in [0.1, 0.15) is 0 Å². The molecule has 0 fully saturated rings. The van der Waals surface area contributed by atoms with E-state index in [0.29, 0.717) is 16.0 Å². The standard InChI is InChI=1S/C11H13Cl2N/c1-7-6-14-3-2-8-4-10(12)11(13)5-9(7)8/h4-5,7,14H,2-3,6H2,1H3. The molecule has 0 saturated heterocycles. The third-order valence-corrected chi connectivity index (χ3v) is 3.46. The summed E-state index contributed by atoms with van der Waals surface area (Å²) in [7, 11) is 0. The molecule has 3 heteroatoms. The highest BCUT2D eigenvalue weighted by Crippen LogP contribution is 2.31. The van der Waals surface area contributed by atoms with Crippen LogP contribution in [0.25, 0.3) is 0 Å². The molecule has 2 rings (SSSR count). The molecule has 1 aromatic carbocycles. The molecule has 76 valence electrons. The molecule has 1 N–H and O–H groups in total. The molecule has 0 aliphatic carbocycles. The normalized spacial score (nSPS) is 21.5. The van der Waals surface area contributed by atoms with Crippen molar-refractivity contribution in [3.05, 3.63) is 33.3 Å². The van der Waals surface area contributed by atoms with Crippen LogP contribution in [-0.2, 0) is 6.42 Å². The largest absolute Gasteiger partial charge is 0.316 e. The summed E-state index contributed by atoms with van der Waals surface area (Å²) in [6.45, 7) is 4.25. The Morgan fingerprint density at radius 3 is 2.79 bits per heavy atom. The summed E-state index contributed by atoms with van der Waals surface area (Å²) in [6.07, 6.45) is 1.04. The number of hydrogen-bond acceptors (Lipinski definition) is 1. The third kappa shape index (κ3) is 1.90. The first-order chi connectivity index (χ1) is 6.68. The van der Waals surface area contributed by atoms with Crippen LogP contribution in [0.3, 0.4) is 0 Å². The second-order valence-electron chi connectivity index (χ2n) is 3.82. The van der Waals surface area contributed by atoms with Crippen LogP contribution in [0, 0.1) is 0 Å². The van der Waals surface area contributed by atoms with Gasteiger partial charge in [0.25, 0.3) is 0 Å². The molecular weight excluding hydrogens is 217 g/mol. The Kier molecular flexibility index (Phi) is 3.01. The Hall–Kier alpha value is -0.240. The van der Waals surface area contributed by atoms with Gasteiger partial charge in [-0.3, -0.25) is 0 Å². The Bertz CT molecular complexity index is 349. The van der Waals surface area contributed by atoms with E-state index in [1.54, 1.807) is 0 Å². The number of fused-ring (bicyclic) bond motifs is 1. The molecule has 0 amide bonds. The Labute approximate surface area is 94.4 Å². The maximum absolute atomic E-state index is 6.01. The van der Waals surface area contributed by atoms with Gasteiger partial charge in [-0.1, -0.05) is 30.1 Å². The molecule has 0 radical (unpaired) electrons. The second-order valence-corrected chi connectivity index (χ2v) is 4.63. The van der Waals surface area contributed by atoms with E-state index in [2.05, 4.69) is 12.2 Å². The molecule has 0 saturated carbocycles. The van der Waals surface area contributed by atoms with Crippen molar-refractivity contribution in [1.29, 1.82) is 0 Å². The van der Waals surface area contributed by atoms with Crippen molar-refractivity contribution in [3.63, 3.8) is 0 Å². The fourth-order valence-electron chi connectivity index (χ4n) is 1.93. The Morgan fingerprint density at radius 2 is 2.00 bits per heavy atom. The average Bonchev–Trinajstić information content (AvgIpc) is 2.31. The fraction of sp³-hybridized carbons (Fsp3) is 0.455. The molecule has 1 nitrogen and oxygen atoms in total. The van der Waals surface area contributed by atoms with Crippen LogP contribution < -0.4 is 5.32 Å². The number of benzene rings is 1. The van der Waals surface area contributed by atoms with E-state index in [4.69, 9.17) is 23.2 Å². The maximum Gasteiger partial charge on any atom is 0.0595 e. The van der Waals surface area contributed by atoms with Crippen LogP contribution in [0.1, 0.15) is 24.0 Å². The molecule has 1 unspecified atom stereocenters. The zero-order valence-corrected chi connectivity index (χ0v) is 9.62. The van der Waals surface area contributed by atoms with E-state index in [1.165, 1.54) is 11.1 Å². The Morgan fingerprint density at radius 1 is 1.29 bits per heavy atom. The SMILES string of the molecule is CC1CNCCc2cc(Cl)c(Cl)cc21. The van der Waals surface area contributed by atoms with Gasteiger partial charge in [0, 0.05) is 6.54 Å². The quantitative estimate of drug-likeness (QED) is 0.721. The van der Waals surface area contributed by atoms with Gasteiger partial charge in [-0.05, 0) is 42.1 Å². The lowest BCUT2D eigenvalue weighted by Crippen LogP contribution is -2.18. The summed E-state index contributed by atoms with van der Waals surface area (Å²) >= 11 is 12.0. The van der Waals surface area contributed by atoms with Gasteiger partial charge in [0.15, 0.2) is 0 Å². The monoisotopic (exact) mass is 229 g/mol. The summed E-state index contributed by atoms with van der Waals surface area (Å²) in [4.78, 5) is 0. The summed E-state index contributed by atoms with van der Waals surface area (Å²) in [5, 5.41) is 4.73. The van der Waals surface area contributed by atoms with Gasteiger partial charge < -0.3 is 5.32 Å². The van der Waals surface area contributed by atoms with Crippen molar-refractivity contribution in [3.8, 4) is 0 Å². The highest BCUT2D eigenvalue weighted by atomic mass is 35.5. The minimum absolute atomic E-state index is 0.516. The highest BCUT2D eigenvalue weighted by Gasteiger charge is 2.16. The predicted molar refractivity (Wildman–Crippen MR) is 61.5 cm³/mol. The third-order valence-electron chi connectivity index (χ3n) is 2.73. The van der Waals surface area contributed by atoms with Crippen LogP contribution in [0.4, 0.5) is 0 Å². The summed E-state index contributed by atoms with van der Waals surface area (Å²) in [5.74, 6) is 0.516. The minimum atomic E-state index is 0.516. The first-order valence-electron chi connectivity index (χ1n) is 4.87. The van der Waals surface area contributed by atoms with Crippen LogP contribution in [0.15, 0.2) is 12.1 Å². The topological polar surface area (TPSA) is 12.0 Å². The summed E-state index contributed by atoms with van der Waals surface area (Å²) < 4.78 is 0. The van der Waals surface area contributed by atoms with E-state index >= 15 is 0 Å². The zero-order chi connectivity index (χ0) is 10.1. The molecule has 0 aromatic heterocycles. The lowest BCUT2D eigenvalue weighted by atomic mass is 9.95. The van der Waals surface area contributed by atoms with E-state index < -0.39 is 0 Å². The lowest BCUT2D eigenvalue weighted by molar-refractivity contribution is 0.644. The van der Waals surface area contributed by atoms with Crippen molar-refractivity contribution in [2.75, 3.05) is 13.1 Å². The maximum atomic E-state index is 6.01. The molecule has 0 bridgehead atoms. The van der Waals surface area contributed by atoms with Crippen molar-refractivity contribution < 1.29 is 0 Å². The number of nitrogens with one attached hydrogen (secondary N) is 1. The minimum Gasteiger partial charge on any atom is -0.316 e. The van der Waals surface area contributed by atoms with Gasteiger partial charge in [0.2, 0.25) is 0 Å². The molecular formula is C11H13Cl2N. The van der Waals surface area contributed by atoms with Crippen LogP contribution in [0.5, 0.6) is 0 Å². The van der Waals surface area contributed by atoms with Gasteiger partial charge in [-0.15, -0.1) is 0 Å². The van der Waals surface area contributed by atoms with Crippen molar-refractivity contribution in [1.82, 2.24) is 5.32 Å². The lowest BCUT2D eigenvalue weighted by Gasteiger charge is -2.13. The van der Waals surface area contributed by atoms with Gasteiger partial charge >= 0.3 is 0 Å². The smallest absolute Gasteiger partial charge is 0.0595 e. The van der Waals surface area contributed by atoms with Crippen molar-refractivity contribution >= 4 is 23.2 Å². The van der Waals surface area contributed by atoms with Crippen LogP contribution in [-0.4, -0.2) is 13.1 Å². The van der Waals surface area contributed by atoms with Crippen LogP contribution >= 0.6 is 23.2 Å². The van der Waals surface area contributed by atoms with Gasteiger partial charge in [0.05, 0.1) is 10.0 Å². The zero-order valence-electron chi connectivity index (χ0n) is 8.11. The van der Waals surface area contributed by atoms with Crippen molar-refractivity contribution in [2.45, 2.75) is 19.3 Å². The van der Waals surface area contributed by atoms with Crippen LogP contribution in [0.2, 0.25) is 10.0 Å². The summed E-state index contributed by atoms with van der Waals surface area (Å²) in [5.41, 5.74) is 2.67. The number of hydrogen-bond donors (Lipinski definition) is 1. The molecule has 1 heterocycles. The first-order valence-corrected chi connectivity index (χ1v) is 5.62. The van der Waals surface area contributed by atoms with E-state index in [-0.39, 0.29) is 0 Å². The first kappa shape index (κ1) is 10.3. The van der Waals surface area contributed by atoms with Gasteiger partial charge in [-0.2, -0.15) is 0 Å². The molecule has 14 heavy (non-hydrogen) atoms. The van der Waals surface area contributed by atoms with Crippen molar-refractivity contribution in [2.24, 2.45) is 0 Å². The summed E-state index contributed by atoms with van der Waals surface area (Å²) in [6, 6.07) is 4.01. The molecule has 0 spiro atoms. The number of halogens is 2. The van der Waals surface area contributed by atoms with Gasteiger partial charge in [-0.25, -0.2) is 0 Å². The fourth-order valence-corrected chi connectivity index (χ4v) is 2.29. The van der Waals surface area contributed by atoms with E-state index in [9.17, 15) is 0 Å². The predicted octanol–water partition coefficient (Wildman–Crippen LogP) is 3.24.